The van der Waals surface area contributed by atoms with Gasteiger partial charge in [-0.2, -0.15) is 0 Å². The van der Waals surface area contributed by atoms with Gasteiger partial charge in [0.2, 0.25) is 11.8 Å². The molecule has 1 aromatic heterocycles. The molecule has 2 aromatic rings. The summed E-state index contributed by atoms with van der Waals surface area (Å²) in [6, 6.07) is 9.30. The van der Waals surface area contributed by atoms with Crippen molar-refractivity contribution in [2.45, 2.75) is 83.1 Å². The lowest BCUT2D eigenvalue weighted by Gasteiger charge is -2.47. The van der Waals surface area contributed by atoms with E-state index in [0.29, 0.717) is 18.8 Å². The van der Waals surface area contributed by atoms with E-state index in [1.807, 2.05) is 30.5 Å². The second kappa shape index (κ2) is 11.9. The Hall–Kier alpha value is -2.92. The Morgan fingerprint density at radius 3 is 2.76 bits per heavy atom. The number of terminal acetylenes is 1. The van der Waals surface area contributed by atoms with Crippen molar-refractivity contribution in [3.63, 3.8) is 0 Å². The zero-order valence-corrected chi connectivity index (χ0v) is 23.0. The van der Waals surface area contributed by atoms with Crippen LogP contribution in [0.4, 0.5) is 0 Å². The highest BCUT2D eigenvalue weighted by atomic mass is 16.5. The number of amides is 1. The fourth-order valence-electron chi connectivity index (χ4n) is 5.46. The highest BCUT2D eigenvalue weighted by Crippen LogP contribution is 2.48. The summed E-state index contributed by atoms with van der Waals surface area (Å²) in [7, 11) is 1.48. The summed E-state index contributed by atoms with van der Waals surface area (Å²) in [5.74, 6) is 3.06. The molecule has 4 rings (SSSR count). The number of pyridine rings is 1. The first-order chi connectivity index (χ1) is 18.1. The molecule has 204 valence electrons. The molecule has 3 N–H and O–H groups in total. The van der Waals surface area contributed by atoms with Crippen molar-refractivity contribution in [1.82, 2.24) is 15.6 Å². The van der Waals surface area contributed by atoms with Gasteiger partial charge in [-0.15, -0.1) is 6.42 Å². The molecule has 1 saturated carbocycles. The van der Waals surface area contributed by atoms with Gasteiger partial charge in [0.25, 0.3) is 0 Å². The molecule has 0 saturated heterocycles. The van der Waals surface area contributed by atoms with Crippen LogP contribution in [0.15, 0.2) is 36.5 Å². The first-order valence-electron chi connectivity index (χ1n) is 13.5. The van der Waals surface area contributed by atoms with Crippen LogP contribution in [0.5, 0.6) is 5.88 Å². The molecule has 1 amide bonds. The minimum absolute atomic E-state index is 0.00112. The molecular weight excluding hydrogens is 478 g/mol. The Morgan fingerprint density at radius 2 is 2.11 bits per heavy atom. The summed E-state index contributed by atoms with van der Waals surface area (Å²) in [6.45, 7) is 6.89. The maximum Gasteiger partial charge on any atom is 0.246 e. The lowest BCUT2D eigenvalue weighted by atomic mass is 9.73. The zero-order chi connectivity index (χ0) is 27.3. The standard InChI is InChI=1S/C31H41N3O4/c1-6-21-9-7-10-22(13-21)15-25(34-28(36)20-37-5)27(35)19-32-26-17-31(11-8-12-31)38-29-24(26)14-23(18-33-29)16-30(2,3)4/h1,7,9-10,13-14,18,25-27,32,35H,8,11-12,15-17,19-20H2,2-5H3,(H,34,36)/t25-,26-,27+/m0/s1. The smallest absolute Gasteiger partial charge is 0.246 e. The van der Waals surface area contributed by atoms with Gasteiger partial charge in [-0.1, -0.05) is 38.8 Å². The SMILES string of the molecule is C#Cc1cccc(C[C@H](NC(=O)COC)[C@H](O)CN[C@H]2CC3(CCC3)Oc3ncc(CC(C)(C)C)cc32)c1. The lowest BCUT2D eigenvalue weighted by Crippen LogP contribution is -2.52. The Kier molecular flexibility index (Phi) is 8.77. The van der Waals surface area contributed by atoms with Gasteiger partial charge in [0.05, 0.1) is 12.1 Å². The van der Waals surface area contributed by atoms with Gasteiger partial charge in [0.15, 0.2) is 0 Å². The molecule has 1 aromatic carbocycles. The summed E-state index contributed by atoms with van der Waals surface area (Å²) in [5.41, 5.74) is 3.89. The number of aliphatic hydroxyl groups excluding tert-OH is 1. The molecule has 2 heterocycles. The number of nitrogens with zero attached hydrogens (tertiary/aromatic N) is 1. The summed E-state index contributed by atoms with van der Waals surface area (Å²) in [4.78, 5) is 17.1. The Bertz CT molecular complexity index is 1160. The molecule has 7 nitrogen and oxygen atoms in total. The molecule has 38 heavy (non-hydrogen) atoms. The zero-order valence-electron chi connectivity index (χ0n) is 23.0. The van der Waals surface area contributed by atoms with Crippen LogP contribution in [0.1, 0.15) is 74.8 Å². The molecule has 1 aliphatic carbocycles. The predicted molar refractivity (Wildman–Crippen MR) is 148 cm³/mol. The third kappa shape index (κ3) is 7.13. The molecule has 3 atom stereocenters. The van der Waals surface area contributed by atoms with Gasteiger partial charge in [0, 0.05) is 43.4 Å². The average Bonchev–Trinajstić information content (AvgIpc) is 2.85. The number of rotatable bonds is 10. The molecule has 1 aliphatic heterocycles. The van der Waals surface area contributed by atoms with E-state index in [1.165, 1.54) is 12.7 Å². The number of carbonyl (C=O) groups excluding carboxylic acids is 1. The van der Waals surface area contributed by atoms with Crippen LogP contribution >= 0.6 is 0 Å². The van der Waals surface area contributed by atoms with Gasteiger partial charge in [-0.3, -0.25) is 4.79 Å². The van der Waals surface area contributed by atoms with Crippen molar-refractivity contribution in [1.29, 1.82) is 0 Å². The molecule has 7 heteroatoms. The third-order valence-corrected chi connectivity index (χ3v) is 7.41. The van der Waals surface area contributed by atoms with E-state index in [-0.39, 0.29) is 29.6 Å². The van der Waals surface area contributed by atoms with Crippen LogP contribution in [0.25, 0.3) is 0 Å². The van der Waals surface area contributed by atoms with Gasteiger partial charge in [-0.05, 0) is 66.8 Å². The minimum Gasteiger partial charge on any atom is -0.471 e. The summed E-state index contributed by atoms with van der Waals surface area (Å²) in [6.07, 6.45) is 12.0. The maximum atomic E-state index is 12.4. The number of aromatic nitrogens is 1. The Balaban J connectivity index is 1.51. The normalized spacial score (nSPS) is 19.4. The number of nitrogens with one attached hydrogen (secondary N) is 2. The van der Waals surface area contributed by atoms with E-state index in [0.717, 1.165) is 48.8 Å². The fraction of sp³-hybridized carbons (Fsp3) is 0.548. The molecule has 2 aliphatic rings. The first-order valence-corrected chi connectivity index (χ1v) is 13.5. The molecular formula is C31H41N3O4. The van der Waals surface area contributed by atoms with E-state index < -0.39 is 12.1 Å². The van der Waals surface area contributed by atoms with Crippen molar-refractivity contribution < 1.29 is 19.4 Å². The van der Waals surface area contributed by atoms with Crippen molar-refractivity contribution in [2.24, 2.45) is 5.41 Å². The Labute approximate surface area is 226 Å². The summed E-state index contributed by atoms with van der Waals surface area (Å²) >= 11 is 0. The summed E-state index contributed by atoms with van der Waals surface area (Å²) < 4.78 is 11.4. The monoisotopic (exact) mass is 519 g/mol. The second-order valence-electron chi connectivity index (χ2n) is 12.0. The van der Waals surface area contributed by atoms with E-state index in [1.54, 1.807) is 0 Å². The van der Waals surface area contributed by atoms with Crippen molar-refractivity contribution in [3.8, 4) is 18.2 Å². The summed E-state index contributed by atoms with van der Waals surface area (Å²) in [5, 5.41) is 17.8. The molecule has 1 fully saturated rings. The number of hydrogen-bond donors (Lipinski definition) is 3. The topological polar surface area (TPSA) is 92.7 Å². The number of ether oxygens (including phenoxy) is 2. The van der Waals surface area contributed by atoms with Crippen molar-refractivity contribution >= 4 is 5.91 Å². The highest BCUT2D eigenvalue weighted by Gasteiger charge is 2.46. The number of fused-ring (bicyclic) bond motifs is 1. The Morgan fingerprint density at radius 1 is 1.32 bits per heavy atom. The molecule has 1 spiro atoms. The molecule has 0 bridgehead atoms. The predicted octanol–water partition coefficient (Wildman–Crippen LogP) is 3.72. The van der Waals surface area contributed by atoms with Crippen molar-refractivity contribution in [3.05, 3.63) is 58.8 Å². The fourth-order valence-corrected chi connectivity index (χ4v) is 5.46. The maximum absolute atomic E-state index is 12.4. The van der Waals surface area contributed by atoms with E-state index in [4.69, 9.17) is 20.9 Å². The quantitative estimate of drug-likeness (QED) is 0.415. The second-order valence-corrected chi connectivity index (χ2v) is 12.0. The van der Waals surface area contributed by atoms with Crippen LogP contribution in [0, 0.1) is 17.8 Å². The number of carbonyl (C=O) groups is 1. The van der Waals surface area contributed by atoms with E-state index >= 15 is 0 Å². The largest absolute Gasteiger partial charge is 0.471 e. The van der Waals surface area contributed by atoms with E-state index in [9.17, 15) is 9.90 Å². The third-order valence-electron chi connectivity index (χ3n) is 7.41. The van der Waals surface area contributed by atoms with Gasteiger partial charge in [0.1, 0.15) is 12.2 Å². The van der Waals surface area contributed by atoms with E-state index in [2.05, 4.69) is 43.4 Å². The van der Waals surface area contributed by atoms with Crippen LogP contribution in [0.2, 0.25) is 0 Å². The van der Waals surface area contributed by atoms with Gasteiger partial charge >= 0.3 is 0 Å². The number of hydrogen-bond acceptors (Lipinski definition) is 6. The van der Waals surface area contributed by atoms with Crippen molar-refractivity contribution in [2.75, 3.05) is 20.3 Å². The van der Waals surface area contributed by atoms with Crippen LogP contribution in [0.3, 0.4) is 0 Å². The molecule has 0 radical (unpaired) electrons. The lowest BCUT2D eigenvalue weighted by molar-refractivity contribution is -0.126. The van der Waals surface area contributed by atoms with Crippen LogP contribution in [-0.2, 0) is 22.4 Å². The molecule has 0 unspecified atom stereocenters. The number of benzene rings is 1. The average molecular weight is 520 g/mol. The first kappa shape index (κ1) is 28.1. The number of aliphatic hydroxyl groups is 1. The van der Waals surface area contributed by atoms with Gasteiger partial charge < -0.3 is 25.2 Å². The number of methoxy groups -OCH3 is 1. The van der Waals surface area contributed by atoms with Gasteiger partial charge in [-0.25, -0.2) is 4.98 Å². The highest BCUT2D eigenvalue weighted by molar-refractivity contribution is 5.77. The minimum atomic E-state index is -0.834. The van der Waals surface area contributed by atoms with Crippen LogP contribution < -0.4 is 15.4 Å². The van der Waals surface area contributed by atoms with Crippen LogP contribution in [-0.4, -0.2) is 54.0 Å².